The minimum Gasteiger partial charge on any atom is -0.392 e. The van der Waals surface area contributed by atoms with E-state index in [0.29, 0.717) is 0 Å². The standard InChI is InChI=1S/C9H10N2O/c1-11-3-2-8-7(6-12)4-10-5-9(8)11/h2-5,12H,6H2,1H3. The highest BCUT2D eigenvalue weighted by Gasteiger charge is 2.01. The number of aliphatic hydroxyl groups is 1. The van der Waals surface area contributed by atoms with Gasteiger partial charge in [-0.25, -0.2) is 0 Å². The molecule has 0 unspecified atom stereocenters. The molecule has 1 N–H and O–H groups in total. The van der Waals surface area contributed by atoms with Gasteiger partial charge in [0.15, 0.2) is 0 Å². The number of hydrogen-bond acceptors (Lipinski definition) is 2. The number of aryl methyl sites for hydroxylation is 1. The highest BCUT2D eigenvalue weighted by molar-refractivity contribution is 5.82. The maximum atomic E-state index is 9.00. The van der Waals surface area contributed by atoms with E-state index in [0.717, 1.165) is 16.5 Å². The fraction of sp³-hybridized carbons (Fsp3) is 0.222. The molecular formula is C9H10N2O. The zero-order valence-electron chi connectivity index (χ0n) is 6.86. The number of aromatic nitrogens is 2. The van der Waals surface area contributed by atoms with E-state index >= 15 is 0 Å². The number of pyridine rings is 1. The first-order valence-electron chi connectivity index (χ1n) is 3.81. The number of hydrogen-bond donors (Lipinski definition) is 1. The van der Waals surface area contributed by atoms with Crippen LogP contribution in [0.15, 0.2) is 24.7 Å². The molecule has 0 saturated carbocycles. The van der Waals surface area contributed by atoms with Crippen molar-refractivity contribution in [1.82, 2.24) is 9.55 Å². The Bertz CT molecular complexity index is 406. The van der Waals surface area contributed by atoms with Crippen molar-refractivity contribution in [3.8, 4) is 0 Å². The van der Waals surface area contributed by atoms with Crippen LogP contribution in [0.2, 0.25) is 0 Å². The lowest BCUT2D eigenvalue weighted by molar-refractivity contribution is 0.283. The van der Waals surface area contributed by atoms with E-state index in [1.807, 2.05) is 23.9 Å². The van der Waals surface area contributed by atoms with Gasteiger partial charge in [-0.2, -0.15) is 0 Å². The molecule has 0 fully saturated rings. The van der Waals surface area contributed by atoms with Crippen molar-refractivity contribution in [2.75, 3.05) is 0 Å². The zero-order valence-corrected chi connectivity index (χ0v) is 6.86. The van der Waals surface area contributed by atoms with Crippen molar-refractivity contribution in [3.05, 3.63) is 30.2 Å². The number of rotatable bonds is 1. The summed E-state index contributed by atoms with van der Waals surface area (Å²) in [5, 5.41) is 10.1. The molecule has 2 heterocycles. The minimum absolute atomic E-state index is 0.0500. The summed E-state index contributed by atoms with van der Waals surface area (Å²) >= 11 is 0. The average Bonchev–Trinajstić information content (AvgIpc) is 2.48. The van der Waals surface area contributed by atoms with Gasteiger partial charge in [-0.05, 0) is 6.07 Å². The van der Waals surface area contributed by atoms with E-state index in [1.54, 1.807) is 12.4 Å². The van der Waals surface area contributed by atoms with Crippen LogP contribution in [0.25, 0.3) is 10.9 Å². The summed E-state index contributed by atoms with van der Waals surface area (Å²) in [6.07, 6.45) is 5.46. The molecule has 2 aromatic rings. The quantitative estimate of drug-likeness (QED) is 0.681. The highest BCUT2D eigenvalue weighted by atomic mass is 16.3. The first kappa shape index (κ1) is 7.31. The first-order chi connectivity index (χ1) is 5.83. The van der Waals surface area contributed by atoms with Gasteiger partial charge in [0, 0.05) is 30.4 Å². The Labute approximate surface area is 70.3 Å². The van der Waals surface area contributed by atoms with Crippen LogP contribution in [0.1, 0.15) is 5.56 Å². The molecule has 0 spiro atoms. The van der Waals surface area contributed by atoms with Gasteiger partial charge < -0.3 is 9.67 Å². The van der Waals surface area contributed by atoms with Gasteiger partial charge in [0.05, 0.1) is 18.3 Å². The Balaban J connectivity index is 2.81. The minimum atomic E-state index is 0.0500. The Morgan fingerprint density at radius 3 is 3.08 bits per heavy atom. The van der Waals surface area contributed by atoms with Crippen molar-refractivity contribution in [2.24, 2.45) is 7.05 Å². The van der Waals surface area contributed by atoms with E-state index < -0.39 is 0 Å². The van der Waals surface area contributed by atoms with E-state index in [4.69, 9.17) is 5.11 Å². The molecule has 0 aromatic carbocycles. The molecule has 0 bridgehead atoms. The van der Waals surface area contributed by atoms with Gasteiger partial charge in [-0.3, -0.25) is 4.98 Å². The summed E-state index contributed by atoms with van der Waals surface area (Å²) in [7, 11) is 1.96. The second-order valence-electron chi connectivity index (χ2n) is 2.82. The Morgan fingerprint density at radius 1 is 1.50 bits per heavy atom. The summed E-state index contributed by atoms with van der Waals surface area (Å²) in [5.41, 5.74) is 1.94. The van der Waals surface area contributed by atoms with Crippen LogP contribution in [-0.4, -0.2) is 14.7 Å². The third kappa shape index (κ3) is 0.905. The molecule has 0 aliphatic carbocycles. The molecule has 3 nitrogen and oxygen atoms in total. The molecule has 0 aliphatic rings. The predicted octanol–water partition coefficient (Wildman–Crippen LogP) is 1.07. The molecular weight excluding hydrogens is 152 g/mol. The maximum Gasteiger partial charge on any atom is 0.0703 e. The summed E-state index contributed by atoms with van der Waals surface area (Å²) in [6.45, 7) is 0.0500. The Hall–Kier alpha value is -1.35. The van der Waals surface area contributed by atoms with Crippen molar-refractivity contribution in [3.63, 3.8) is 0 Å². The van der Waals surface area contributed by atoms with Crippen LogP contribution >= 0.6 is 0 Å². The number of fused-ring (bicyclic) bond motifs is 1. The molecule has 0 aliphatic heterocycles. The van der Waals surface area contributed by atoms with E-state index in [2.05, 4.69) is 4.98 Å². The fourth-order valence-electron chi connectivity index (χ4n) is 1.37. The average molecular weight is 162 g/mol. The van der Waals surface area contributed by atoms with Crippen LogP contribution in [-0.2, 0) is 13.7 Å². The predicted molar refractivity (Wildman–Crippen MR) is 46.6 cm³/mol. The highest BCUT2D eigenvalue weighted by Crippen LogP contribution is 2.17. The summed E-state index contributed by atoms with van der Waals surface area (Å²) in [4.78, 5) is 4.04. The van der Waals surface area contributed by atoms with Gasteiger partial charge in [0.25, 0.3) is 0 Å². The van der Waals surface area contributed by atoms with Crippen LogP contribution in [0, 0.1) is 0 Å². The van der Waals surface area contributed by atoms with Gasteiger partial charge >= 0.3 is 0 Å². The van der Waals surface area contributed by atoms with Crippen LogP contribution < -0.4 is 0 Å². The van der Waals surface area contributed by atoms with Crippen LogP contribution in [0.5, 0.6) is 0 Å². The van der Waals surface area contributed by atoms with Crippen molar-refractivity contribution in [2.45, 2.75) is 6.61 Å². The monoisotopic (exact) mass is 162 g/mol. The topological polar surface area (TPSA) is 38.0 Å². The van der Waals surface area contributed by atoms with Gasteiger partial charge in [-0.1, -0.05) is 0 Å². The maximum absolute atomic E-state index is 9.00. The Kier molecular flexibility index (Phi) is 1.59. The van der Waals surface area contributed by atoms with Crippen LogP contribution in [0.3, 0.4) is 0 Å². The third-order valence-electron chi connectivity index (χ3n) is 2.06. The van der Waals surface area contributed by atoms with E-state index in [1.165, 1.54) is 0 Å². The SMILES string of the molecule is Cn1ccc2c(CO)cncc21. The van der Waals surface area contributed by atoms with Crippen molar-refractivity contribution >= 4 is 10.9 Å². The molecule has 2 rings (SSSR count). The lowest BCUT2D eigenvalue weighted by Crippen LogP contribution is -1.89. The van der Waals surface area contributed by atoms with Gasteiger partial charge in [-0.15, -0.1) is 0 Å². The molecule has 62 valence electrons. The summed E-state index contributed by atoms with van der Waals surface area (Å²) in [5.74, 6) is 0. The second-order valence-corrected chi connectivity index (χ2v) is 2.82. The lowest BCUT2D eigenvalue weighted by Gasteiger charge is -1.98. The molecule has 3 heteroatoms. The lowest BCUT2D eigenvalue weighted by atomic mass is 10.2. The van der Waals surface area contributed by atoms with Crippen molar-refractivity contribution in [1.29, 1.82) is 0 Å². The molecule has 12 heavy (non-hydrogen) atoms. The third-order valence-corrected chi connectivity index (χ3v) is 2.06. The normalized spacial score (nSPS) is 10.8. The largest absolute Gasteiger partial charge is 0.392 e. The number of aliphatic hydroxyl groups excluding tert-OH is 1. The Morgan fingerprint density at radius 2 is 2.33 bits per heavy atom. The van der Waals surface area contributed by atoms with Crippen molar-refractivity contribution < 1.29 is 5.11 Å². The van der Waals surface area contributed by atoms with Gasteiger partial charge in [0.2, 0.25) is 0 Å². The summed E-state index contributed by atoms with van der Waals surface area (Å²) in [6, 6.07) is 1.99. The van der Waals surface area contributed by atoms with Crippen LogP contribution in [0.4, 0.5) is 0 Å². The first-order valence-corrected chi connectivity index (χ1v) is 3.81. The molecule has 0 amide bonds. The zero-order chi connectivity index (χ0) is 8.55. The molecule has 2 aromatic heterocycles. The van der Waals surface area contributed by atoms with E-state index in [9.17, 15) is 0 Å². The smallest absolute Gasteiger partial charge is 0.0703 e. The summed E-state index contributed by atoms with van der Waals surface area (Å²) < 4.78 is 1.99. The van der Waals surface area contributed by atoms with Gasteiger partial charge in [0.1, 0.15) is 0 Å². The number of nitrogens with zero attached hydrogens (tertiary/aromatic N) is 2. The molecule has 0 radical (unpaired) electrons. The molecule has 0 atom stereocenters. The fourth-order valence-corrected chi connectivity index (χ4v) is 1.37. The second kappa shape index (κ2) is 2.60. The van der Waals surface area contributed by atoms with E-state index in [-0.39, 0.29) is 6.61 Å². The molecule has 0 saturated heterocycles.